The first-order chi connectivity index (χ1) is 8.16. The lowest BCUT2D eigenvalue weighted by Crippen LogP contribution is -2.61. The van der Waals surface area contributed by atoms with Crippen molar-refractivity contribution in [2.45, 2.75) is 89.0 Å². The van der Waals surface area contributed by atoms with Gasteiger partial charge in [0.2, 0.25) is 0 Å². The largest absolute Gasteiger partial charge is 0.328 e. The number of piperidine rings is 2. The highest BCUT2D eigenvalue weighted by Gasteiger charge is 2.45. The van der Waals surface area contributed by atoms with Crippen LogP contribution in [0.3, 0.4) is 0 Å². The average Bonchev–Trinajstić information content (AvgIpc) is 2.54. The summed E-state index contributed by atoms with van der Waals surface area (Å²) in [6, 6.07) is 3.41. The van der Waals surface area contributed by atoms with E-state index in [1.54, 1.807) is 0 Å². The summed E-state index contributed by atoms with van der Waals surface area (Å²) in [4.78, 5) is 0. The van der Waals surface area contributed by atoms with Crippen LogP contribution in [-0.2, 0) is 0 Å². The van der Waals surface area contributed by atoms with Crippen molar-refractivity contribution in [2.24, 2.45) is 5.73 Å². The smallest absolute Gasteiger partial charge is 0.0264 e. The molecule has 0 aromatic carbocycles. The number of hydrazine groups is 1. The van der Waals surface area contributed by atoms with E-state index in [0.717, 1.165) is 24.2 Å². The SMILES string of the molecule is CC1CCCC(C)N1N1C2CCC1CC(N)C2. The molecule has 2 N–H and O–H groups in total. The monoisotopic (exact) mass is 237 g/mol. The van der Waals surface area contributed by atoms with Gasteiger partial charge in [-0.25, -0.2) is 10.0 Å². The Kier molecular flexibility index (Phi) is 3.18. The first kappa shape index (κ1) is 11.9. The van der Waals surface area contributed by atoms with Gasteiger partial charge < -0.3 is 5.73 Å². The molecular formula is C14H27N3. The molecule has 3 nitrogen and oxygen atoms in total. The summed E-state index contributed by atoms with van der Waals surface area (Å²) in [7, 11) is 0. The predicted molar refractivity (Wildman–Crippen MR) is 70.5 cm³/mol. The molecule has 3 aliphatic rings. The summed E-state index contributed by atoms with van der Waals surface area (Å²) in [5.41, 5.74) is 6.17. The Hall–Kier alpha value is -0.120. The van der Waals surface area contributed by atoms with Crippen molar-refractivity contribution in [2.75, 3.05) is 0 Å². The minimum Gasteiger partial charge on any atom is -0.328 e. The van der Waals surface area contributed by atoms with E-state index in [-0.39, 0.29) is 0 Å². The molecular weight excluding hydrogens is 210 g/mol. The molecule has 17 heavy (non-hydrogen) atoms. The zero-order valence-electron chi connectivity index (χ0n) is 11.3. The van der Waals surface area contributed by atoms with Crippen LogP contribution in [-0.4, -0.2) is 40.2 Å². The van der Waals surface area contributed by atoms with Crippen molar-refractivity contribution in [3.05, 3.63) is 0 Å². The molecule has 3 rings (SSSR count). The fourth-order valence-electron chi connectivity index (χ4n) is 4.43. The van der Waals surface area contributed by atoms with Gasteiger partial charge in [-0.3, -0.25) is 0 Å². The summed E-state index contributed by atoms with van der Waals surface area (Å²) in [5, 5.41) is 5.47. The zero-order valence-corrected chi connectivity index (χ0v) is 11.3. The lowest BCUT2D eigenvalue weighted by Gasteiger charge is -2.51. The second-order valence-corrected chi connectivity index (χ2v) is 6.51. The second kappa shape index (κ2) is 4.52. The van der Waals surface area contributed by atoms with E-state index in [1.807, 2.05) is 0 Å². The standard InChI is InChI=1S/C14H27N3/c1-10-4-3-5-11(2)16(10)17-13-6-7-14(17)9-12(15)8-13/h10-14H,3-9,15H2,1-2H3. The van der Waals surface area contributed by atoms with E-state index in [9.17, 15) is 0 Å². The summed E-state index contributed by atoms with van der Waals surface area (Å²) in [6.45, 7) is 4.81. The molecule has 0 amide bonds. The van der Waals surface area contributed by atoms with Crippen LogP contribution in [0, 0.1) is 0 Å². The lowest BCUT2D eigenvalue weighted by atomic mass is 9.96. The topological polar surface area (TPSA) is 32.5 Å². The van der Waals surface area contributed by atoms with Crippen LogP contribution in [0.2, 0.25) is 0 Å². The van der Waals surface area contributed by atoms with Crippen molar-refractivity contribution in [3.63, 3.8) is 0 Å². The highest BCUT2D eigenvalue weighted by atomic mass is 15.7. The number of hydrogen-bond donors (Lipinski definition) is 1. The van der Waals surface area contributed by atoms with Gasteiger partial charge in [-0.05, 0) is 52.4 Å². The number of hydrogen-bond acceptors (Lipinski definition) is 3. The minimum absolute atomic E-state index is 0.458. The van der Waals surface area contributed by atoms with E-state index in [1.165, 1.54) is 44.9 Å². The summed E-state index contributed by atoms with van der Waals surface area (Å²) >= 11 is 0. The van der Waals surface area contributed by atoms with Crippen molar-refractivity contribution in [3.8, 4) is 0 Å². The maximum Gasteiger partial charge on any atom is 0.0264 e. The van der Waals surface area contributed by atoms with Crippen molar-refractivity contribution in [1.82, 2.24) is 10.0 Å². The van der Waals surface area contributed by atoms with Crippen LogP contribution in [0.5, 0.6) is 0 Å². The molecule has 3 aliphatic heterocycles. The van der Waals surface area contributed by atoms with Gasteiger partial charge in [0, 0.05) is 30.2 Å². The number of nitrogens with two attached hydrogens (primary N) is 1. The number of rotatable bonds is 1. The molecule has 3 heterocycles. The quantitative estimate of drug-likeness (QED) is 0.758. The van der Waals surface area contributed by atoms with Gasteiger partial charge in [0.15, 0.2) is 0 Å². The molecule has 0 aromatic heterocycles. The molecule has 0 radical (unpaired) electrons. The normalized spacial score (nSPS) is 48.5. The highest BCUT2D eigenvalue weighted by molar-refractivity contribution is 4.97. The Bertz CT molecular complexity index is 257. The second-order valence-electron chi connectivity index (χ2n) is 6.51. The number of nitrogens with zero attached hydrogens (tertiary/aromatic N) is 2. The van der Waals surface area contributed by atoms with E-state index in [0.29, 0.717) is 6.04 Å². The van der Waals surface area contributed by atoms with Gasteiger partial charge in [-0.2, -0.15) is 0 Å². The number of fused-ring (bicyclic) bond motifs is 2. The van der Waals surface area contributed by atoms with Gasteiger partial charge in [0.25, 0.3) is 0 Å². The van der Waals surface area contributed by atoms with E-state index < -0.39 is 0 Å². The van der Waals surface area contributed by atoms with Gasteiger partial charge in [-0.15, -0.1) is 0 Å². The Balaban J connectivity index is 1.79. The zero-order chi connectivity index (χ0) is 12.0. The molecule has 4 unspecified atom stereocenters. The molecule has 0 spiro atoms. The van der Waals surface area contributed by atoms with Gasteiger partial charge >= 0.3 is 0 Å². The summed E-state index contributed by atoms with van der Waals surface area (Å²) in [5.74, 6) is 0. The van der Waals surface area contributed by atoms with Crippen LogP contribution in [0.4, 0.5) is 0 Å². The van der Waals surface area contributed by atoms with Crippen LogP contribution < -0.4 is 5.73 Å². The van der Waals surface area contributed by atoms with Crippen LogP contribution in [0.15, 0.2) is 0 Å². The van der Waals surface area contributed by atoms with Crippen LogP contribution >= 0.6 is 0 Å². The molecule has 0 aromatic rings. The molecule has 3 saturated heterocycles. The third-order valence-electron chi connectivity index (χ3n) is 5.14. The van der Waals surface area contributed by atoms with Crippen LogP contribution in [0.25, 0.3) is 0 Å². The fraction of sp³-hybridized carbons (Fsp3) is 1.00. The Morgan fingerprint density at radius 3 is 1.88 bits per heavy atom. The lowest BCUT2D eigenvalue weighted by molar-refractivity contribution is -0.149. The summed E-state index contributed by atoms with van der Waals surface area (Å²) < 4.78 is 0. The molecule has 98 valence electrons. The van der Waals surface area contributed by atoms with Crippen molar-refractivity contribution in [1.29, 1.82) is 0 Å². The van der Waals surface area contributed by atoms with Gasteiger partial charge in [0.1, 0.15) is 0 Å². The third-order valence-corrected chi connectivity index (χ3v) is 5.14. The first-order valence-corrected chi connectivity index (χ1v) is 7.49. The minimum atomic E-state index is 0.458. The van der Waals surface area contributed by atoms with E-state index in [4.69, 9.17) is 5.73 Å². The Labute approximate surface area is 105 Å². The molecule has 2 bridgehead atoms. The molecule has 0 aliphatic carbocycles. The molecule has 0 saturated carbocycles. The maximum absolute atomic E-state index is 6.17. The average molecular weight is 237 g/mol. The Morgan fingerprint density at radius 2 is 1.35 bits per heavy atom. The molecule has 3 heteroatoms. The first-order valence-electron chi connectivity index (χ1n) is 7.49. The maximum atomic E-state index is 6.17. The van der Waals surface area contributed by atoms with E-state index in [2.05, 4.69) is 23.9 Å². The van der Waals surface area contributed by atoms with Crippen molar-refractivity contribution >= 4 is 0 Å². The van der Waals surface area contributed by atoms with E-state index >= 15 is 0 Å². The van der Waals surface area contributed by atoms with Crippen LogP contribution in [0.1, 0.15) is 58.8 Å². The summed E-state index contributed by atoms with van der Waals surface area (Å²) in [6.07, 6.45) is 9.31. The van der Waals surface area contributed by atoms with Crippen molar-refractivity contribution < 1.29 is 0 Å². The van der Waals surface area contributed by atoms with Gasteiger partial charge in [-0.1, -0.05) is 6.42 Å². The Morgan fingerprint density at radius 1 is 0.824 bits per heavy atom. The fourth-order valence-corrected chi connectivity index (χ4v) is 4.43. The van der Waals surface area contributed by atoms with Gasteiger partial charge in [0.05, 0.1) is 0 Å². The molecule has 3 fully saturated rings. The highest BCUT2D eigenvalue weighted by Crippen LogP contribution is 2.39. The molecule has 4 atom stereocenters. The predicted octanol–water partition coefficient (Wildman–Crippen LogP) is 2.12. The third kappa shape index (κ3) is 2.02.